The SMILES string of the molecule is NNC(=S)c1nc2ccccc2o1. The number of oxazole rings is 1. The van der Waals surface area contributed by atoms with Crippen molar-refractivity contribution in [1.82, 2.24) is 10.4 Å². The molecular weight excluding hydrogens is 186 g/mol. The molecule has 0 aliphatic heterocycles. The highest BCUT2D eigenvalue weighted by molar-refractivity contribution is 7.80. The number of hydrogen-bond acceptors (Lipinski definition) is 4. The summed E-state index contributed by atoms with van der Waals surface area (Å²) in [7, 11) is 0. The van der Waals surface area contributed by atoms with Gasteiger partial charge in [-0.2, -0.15) is 0 Å². The zero-order valence-electron chi connectivity index (χ0n) is 6.65. The molecule has 0 atom stereocenters. The first-order chi connectivity index (χ1) is 6.31. The molecule has 0 saturated heterocycles. The molecule has 0 aliphatic rings. The van der Waals surface area contributed by atoms with Crippen LogP contribution in [0.25, 0.3) is 11.1 Å². The molecule has 2 rings (SSSR count). The highest BCUT2D eigenvalue weighted by atomic mass is 32.1. The number of hydrazine groups is 1. The van der Waals surface area contributed by atoms with E-state index in [1.165, 1.54) is 0 Å². The number of nitrogens with one attached hydrogen (secondary N) is 1. The molecule has 4 nitrogen and oxygen atoms in total. The van der Waals surface area contributed by atoms with Crippen LogP contribution in [0.3, 0.4) is 0 Å². The van der Waals surface area contributed by atoms with E-state index in [0.29, 0.717) is 16.5 Å². The number of para-hydroxylation sites is 2. The van der Waals surface area contributed by atoms with Crippen LogP contribution in [-0.4, -0.2) is 9.97 Å². The second-order valence-corrected chi connectivity index (χ2v) is 2.87. The molecular formula is C8H7N3OS. The summed E-state index contributed by atoms with van der Waals surface area (Å²) >= 11 is 4.87. The average molecular weight is 193 g/mol. The number of nitrogens with zero attached hydrogens (tertiary/aromatic N) is 1. The predicted octanol–water partition coefficient (Wildman–Crippen LogP) is 0.967. The molecule has 2 aromatic rings. The average Bonchev–Trinajstić information content (AvgIpc) is 2.59. The van der Waals surface area contributed by atoms with Crippen molar-refractivity contribution in [3.63, 3.8) is 0 Å². The standard InChI is InChI=1S/C8H7N3OS/c9-11-8(13)7-10-5-3-1-2-4-6(5)12-7/h1-4H,9H2,(H,11,13). The normalized spacial score (nSPS) is 10.2. The number of benzene rings is 1. The molecule has 1 aromatic carbocycles. The van der Waals surface area contributed by atoms with Crippen LogP contribution in [0, 0.1) is 0 Å². The molecule has 1 aromatic heterocycles. The highest BCUT2D eigenvalue weighted by Crippen LogP contribution is 2.14. The first-order valence-electron chi connectivity index (χ1n) is 3.68. The van der Waals surface area contributed by atoms with Crippen molar-refractivity contribution in [3.8, 4) is 0 Å². The quantitative estimate of drug-likeness (QED) is 0.401. The summed E-state index contributed by atoms with van der Waals surface area (Å²) in [6.07, 6.45) is 0. The summed E-state index contributed by atoms with van der Waals surface area (Å²) in [5.41, 5.74) is 3.79. The smallest absolute Gasteiger partial charge is 0.256 e. The van der Waals surface area contributed by atoms with Crippen LogP contribution in [0.5, 0.6) is 0 Å². The van der Waals surface area contributed by atoms with Crippen molar-refractivity contribution < 1.29 is 4.42 Å². The molecule has 3 N–H and O–H groups in total. The molecule has 13 heavy (non-hydrogen) atoms. The highest BCUT2D eigenvalue weighted by Gasteiger charge is 2.07. The van der Waals surface area contributed by atoms with Crippen LogP contribution < -0.4 is 11.3 Å². The Morgan fingerprint density at radius 2 is 2.23 bits per heavy atom. The van der Waals surface area contributed by atoms with E-state index < -0.39 is 0 Å². The molecule has 0 bridgehead atoms. The van der Waals surface area contributed by atoms with Crippen molar-refractivity contribution in [2.75, 3.05) is 0 Å². The fourth-order valence-corrected chi connectivity index (χ4v) is 1.12. The third kappa shape index (κ3) is 1.39. The van der Waals surface area contributed by atoms with Gasteiger partial charge in [-0.25, -0.2) is 10.8 Å². The van der Waals surface area contributed by atoms with E-state index in [1.807, 2.05) is 24.3 Å². The van der Waals surface area contributed by atoms with Gasteiger partial charge in [-0.1, -0.05) is 24.4 Å². The first kappa shape index (κ1) is 8.15. The van der Waals surface area contributed by atoms with Crippen LogP contribution in [0.2, 0.25) is 0 Å². The van der Waals surface area contributed by atoms with E-state index in [0.717, 1.165) is 5.52 Å². The van der Waals surface area contributed by atoms with Gasteiger partial charge in [0.1, 0.15) is 5.52 Å². The summed E-state index contributed by atoms with van der Waals surface area (Å²) in [6, 6.07) is 7.43. The largest absolute Gasteiger partial charge is 0.434 e. The maximum absolute atomic E-state index is 5.33. The Morgan fingerprint density at radius 1 is 1.46 bits per heavy atom. The van der Waals surface area contributed by atoms with E-state index in [4.69, 9.17) is 22.5 Å². The molecule has 0 unspecified atom stereocenters. The van der Waals surface area contributed by atoms with Crippen LogP contribution in [0.4, 0.5) is 0 Å². The number of rotatable bonds is 1. The molecule has 0 amide bonds. The molecule has 1 heterocycles. The Bertz CT molecular complexity index is 418. The molecule has 0 fully saturated rings. The molecule has 5 heteroatoms. The van der Waals surface area contributed by atoms with Gasteiger partial charge in [0, 0.05) is 0 Å². The minimum Gasteiger partial charge on any atom is -0.434 e. The minimum atomic E-state index is 0.302. The predicted molar refractivity (Wildman–Crippen MR) is 53.0 cm³/mol. The maximum Gasteiger partial charge on any atom is 0.256 e. The van der Waals surface area contributed by atoms with E-state index in [2.05, 4.69) is 10.4 Å². The Hall–Kier alpha value is -1.46. The van der Waals surface area contributed by atoms with Gasteiger partial charge in [-0.3, -0.25) is 0 Å². The van der Waals surface area contributed by atoms with E-state index in [9.17, 15) is 0 Å². The Kier molecular flexibility index (Phi) is 1.96. The molecule has 0 radical (unpaired) electrons. The van der Waals surface area contributed by atoms with Crippen LogP contribution in [0.1, 0.15) is 5.89 Å². The van der Waals surface area contributed by atoms with Gasteiger partial charge in [0.05, 0.1) is 0 Å². The second kappa shape index (κ2) is 3.12. The molecule has 0 saturated carbocycles. The van der Waals surface area contributed by atoms with Gasteiger partial charge in [0.25, 0.3) is 5.89 Å². The molecule has 0 aliphatic carbocycles. The lowest BCUT2D eigenvalue weighted by Crippen LogP contribution is -2.29. The van der Waals surface area contributed by atoms with Gasteiger partial charge in [-0.15, -0.1) is 0 Å². The summed E-state index contributed by atoms with van der Waals surface area (Å²) in [4.78, 5) is 4.44. The van der Waals surface area contributed by atoms with Crippen molar-refractivity contribution in [1.29, 1.82) is 0 Å². The van der Waals surface area contributed by atoms with Crippen LogP contribution in [0.15, 0.2) is 28.7 Å². The Morgan fingerprint density at radius 3 is 2.92 bits per heavy atom. The fraction of sp³-hybridized carbons (Fsp3) is 0. The van der Waals surface area contributed by atoms with Crippen molar-refractivity contribution in [3.05, 3.63) is 30.2 Å². The van der Waals surface area contributed by atoms with Crippen molar-refractivity contribution in [2.45, 2.75) is 0 Å². The van der Waals surface area contributed by atoms with E-state index in [1.54, 1.807) is 0 Å². The zero-order valence-corrected chi connectivity index (χ0v) is 7.47. The van der Waals surface area contributed by atoms with Gasteiger partial charge in [-0.05, 0) is 12.1 Å². The zero-order chi connectivity index (χ0) is 9.26. The minimum absolute atomic E-state index is 0.302. The van der Waals surface area contributed by atoms with Crippen molar-refractivity contribution in [2.24, 2.45) is 5.84 Å². The lowest BCUT2D eigenvalue weighted by atomic mass is 10.3. The lowest BCUT2D eigenvalue weighted by Gasteiger charge is -1.92. The summed E-state index contributed by atoms with van der Waals surface area (Å²) < 4.78 is 5.33. The van der Waals surface area contributed by atoms with Crippen molar-refractivity contribution >= 4 is 28.3 Å². The summed E-state index contributed by atoms with van der Waals surface area (Å²) in [5.74, 6) is 5.48. The fourth-order valence-electron chi connectivity index (χ4n) is 1.03. The number of hydrogen-bond donors (Lipinski definition) is 2. The van der Waals surface area contributed by atoms with Crippen LogP contribution in [-0.2, 0) is 0 Å². The second-order valence-electron chi connectivity index (χ2n) is 2.46. The molecule has 66 valence electrons. The van der Waals surface area contributed by atoms with Gasteiger partial charge in [0.2, 0.25) is 0 Å². The Balaban J connectivity index is 2.56. The van der Waals surface area contributed by atoms with Crippen LogP contribution >= 0.6 is 12.2 Å². The summed E-state index contributed by atoms with van der Waals surface area (Å²) in [5, 5.41) is 0. The first-order valence-corrected chi connectivity index (χ1v) is 4.08. The number of nitrogens with two attached hydrogens (primary N) is 1. The van der Waals surface area contributed by atoms with Gasteiger partial charge in [0.15, 0.2) is 10.6 Å². The maximum atomic E-state index is 5.33. The van der Waals surface area contributed by atoms with Gasteiger partial charge >= 0.3 is 0 Å². The monoisotopic (exact) mass is 193 g/mol. The van der Waals surface area contributed by atoms with E-state index in [-0.39, 0.29) is 0 Å². The number of thiocarbonyl (C=S) groups is 1. The van der Waals surface area contributed by atoms with E-state index >= 15 is 0 Å². The number of fused-ring (bicyclic) bond motifs is 1. The number of aromatic nitrogens is 1. The van der Waals surface area contributed by atoms with Gasteiger partial charge < -0.3 is 9.84 Å². The lowest BCUT2D eigenvalue weighted by molar-refractivity contribution is 0.587. The molecule has 0 spiro atoms. The Labute approximate surface area is 79.7 Å². The topological polar surface area (TPSA) is 64.1 Å². The third-order valence-electron chi connectivity index (χ3n) is 1.62. The third-order valence-corrected chi connectivity index (χ3v) is 1.91. The summed E-state index contributed by atoms with van der Waals surface area (Å²) in [6.45, 7) is 0.